The maximum Gasteiger partial charge on any atom is 0.252 e. The molecule has 2 amide bonds. The van der Waals surface area contributed by atoms with Crippen molar-refractivity contribution in [2.24, 2.45) is 0 Å². The largest absolute Gasteiger partial charge is 0.497 e. The summed E-state index contributed by atoms with van der Waals surface area (Å²) in [5, 5.41) is 2.88. The minimum Gasteiger partial charge on any atom is -0.497 e. The third kappa shape index (κ3) is 5.77. The smallest absolute Gasteiger partial charge is 0.252 e. The van der Waals surface area contributed by atoms with Crippen molar-refractivity contribution in [1.29, 1.82) is 0 Å². The Labute approximate surface area is 205 Å². The van der Waals surface area contributed by atoms with E-state index in [-0.39, 0.29) is 17.7 Å². The van der Waals surface area contributed by atoms with Gasteiger partial charge in [0.2, 0.25) is 11.8 Å². The van der Waals surface area contributed by atoms with Gasteiger partial charge in [0.15, 0.2) is 0 Å². The summed E-state index contributed by atoms with van der Waals surface area (Å²) in [6.45, 7) is 4.57. The Bertz CT molecular complexity index is 1170. The second kappa shape index (κ2) is 10.5. The number of carbonyl (C=O) groups excluding carboxylic acids is 2. The van der Waals surface area contributed by atoms with Crippen molar-refractivity contribution >= 4 is 11.8 Å². The number of nitrogens with one attached hydrogen (secondary N) is 1. The lowest BCUT2D eigenvalue weighted by Crippen LogP contribution is -2.57. The molecule has 0 unspecified atom stereocenters. The van der Waals surface area contributed by atoms with Crippen LogP contribution in [0.2, 0.25) is 0 Å². The summed E-state index contributed by atoms with van der Waals surface area (Å²) in [6, 6.07) is 16.2. The van der Waals surface area contributed by atoms with Gasteiger partial charge in [0.05, 0.1) is 7.11 Å². The van der Waals surface area contributed by atoms with Crippen molar-refractivity contribution in [3.8, 4) is 17.4 Å². The van der Waals surface area contributed by atoms with Gasteiger partial charge in [-0.05, 0) is 63.1 Å². The molecule has 8 nitrogen and oxygen atoms in total. The van der Waals surface area contributed by atoms with E-state index in [1.165, 1.54) is 0 Å². The first kappa shape index (κ1) is 24.2. The maximum absolute atomic E-state index is 13.4. The van der Waals surface area contributed by atoms with Gasteiger partial charge in [-0.2, -0.15) is 0 Å². The normalized spacial score (nSPS) is 15.9. The lowest BCUT2D eigenvalue weighted by atomic mass is 9.92. The van der Waals surface area contributed by atoms with E-state index in [0.717, 1.165) is 18.6 Å². The number of piperidine rings is 1. The maximum atomic E-state index is 13.4. The summed E-state index contributed by atoms with van der Waals surface area (Å²) < 4.78 is 11.2. The fourth-order valence-corrected chi connectivity index (χ4v) is 4.23. The van der Waals surface area contributed by atoms with Crippen molar-refractivity contribution in [1.82, 2.24) is 20.2 Å². The van der Waals surface area contributed by atoms with Crippen LogP contribution in [-0.2, 0) is 4.79 Å². The predicted octanol–water partition coefficient (Wildman–Crippen LogP) is 4.19. The van der Waals surface area contributed by atoms with Crippen LogP contribution in [0.4, 0.5) is 0 Å². The zero-order valence-corrected chi connectivity index (χ0v) is 20.2. The zero-order chi connectivity index (χ0) is 24.8. The molecule has 182 valence electrons. The second-order valence-electron chi connectivity index (χ2n) is 9.06. The number of hydrogen-bond acceptors (Lipinski definition) is 6. The second-order valence-corrected chi connectivity index (χ2v) is 9.06. The highest BCUT2D eigenvalue weighted by atomic mass is 16.5. The molecular weight excluding hydrogens is 444 g/mol. The van der Waals surface area contributed by atoms with E-state index in [0.29, 0.717) is 36.0 Å². The molecule has 1 N–H and O–H groups in total. The Hall–Kier alpha value is -3.94. The Balaban J connectivity index is 1.47. The molecule has 0 spiro atoms. The molecule has 8 heteroatoms. The Morgan fingerprint density at radius 3 is 2.40 bits per heavy atom. The summed E-state index contributed by atoms with van der Waals surface area (Å²) in [6.07, 6.45) is 4.91. The standard InChI is InChI=1S/C27H30N4O4/c1-27(2,30-24(32)19-8-5-4-6-9-19)26(33)31-17-7-10-20(18-31)23-25(29-16-15-28-23)35-22-13-11-21(34-3)12-14-22/h4-6,8-9,11-16,20H,7,10,17-18H2,1-3H3,(H,30,32)/t20-/m1/s1. The number of carbonyl (C=O) groups is 2. The molecule has 1 aliphatic rings. The molecule has 0 saturated carbocycles. The third-order valence-corrected chi connectivity index (χ3v) is 6.06. The highest BCUT2D eigenvalue weighted by molar-refractivity contribution is 5.98. The average molecular weight is 475 g/mol. The molecule has 0 radical (unpaired) electrons. The number of ether oxygens (including phenoxy) is 2. The fourth-order valence-electron chi connectivity index (χ4n) is 4.23. The number of likely N-dealkylation sites (tertiary alicyclic amines) is 1. The van der Waals surface area contributed by atoms with Crippen LogP contribution in [-0.4, -0.2) is 52.4 Å². The summed E-state index contributed by atoms with van der Waals surface area (Å²) in [7, 11) is 1.61. The van der Waals surface area contributed by atoms with Gasteiger partial charge < -0.3 is 19.7 Å². The molecule has 2 aromatic carbocycles. The molecule has 1 saturated heterocycles. The molecule has 0 bridgehead atoms. The van der Waals surface area contributed by atoms with Gasteiger partial charge in [-0.1, -0.05) is 18.2 Å². The van der Waals surface area contributed by atoms with Crippen LogP contribution in [0.3, 0.4) is 0 Å². The van der Waals surface area contributed by atoms with E-state index in [2.05, 4.69) is 15.3 Å². The summed E-state index contributed by atoms with van der Waals surface area (Å²) in [4.78, 5) is 36.9. The molecule has 1 aliphatic heterocycles. The Kier molecular flexibility index (Phi) is 7.29. The number of amides is 2. The van der Waals surface area contributed by atoms with Gasteiger partial charge in [0.25, 0.3) is 5.91 Å². The van der Waals surface area contributed by atoms with E-state index in [1.54, 1.807) is 62.5 Å². The molecule has 2 heterocycles. The monoisotopic (exact) mass is 474 g/mol. The Morgan fingerprint density at radius 1 is 1.00 bits per heavy atom. The lowest BCUT2D eigenvalue weighted by Gasteiger charge is -2.37. The van der Waals surface area contributed by atoms with E-state index in [1.807, 2.05) is 30.3 Å². The van der Waals surface area contributed by atoms with Crippen molar-refractivity contribution in [3.05, 3.63) is 78.2 Å². The summed E-state index contributed by atoms with van der Waals surface area (Å²) >= 11 is 0. The third-order valence-electron chi connectivity index (χ3n) is 6.06. The van der Waals surface area contributed by atoms with Gasteiger partial charge in [-0.3, -0.25) is 14.6 Å². The minimum absolute atomic E-state index is 0.0322. The van der Waals surface area contributed by atoms with Gasteiger partial charge >= 0.3 is 0 Å². The van der Waals surface area contributed by atoms with Crippen LogP contribution in [0.5, 0.6) is 17.4 Å². The number of hydrogen-bond donors (Lipinski definition) is 1. The number of benzene rings is 2. The first-order valence-electron chi connectivity index (χ1n) is 11.7. The number of rotatable bonds is 7. The Morgan fingerprint density at radius 2 is 1.69 bits per heavy atom. The van der Waals surface area contributed by atoms with Crippen LogP contribution in [0.1, 0.15) is 48.7 Å². The zero-order valence-electron chi connectivity index (χ0n) is 20.2. The molecule has 0 aliphatic carbocycles. The predicted molar refractivity (Wildman–Crippen MR) is 132 cm³/mol. The van der Waals surface area contributed by atoms with Crippen molar-refractivity contribution in [3.63, 3.8) is 0 Å². The van der Waals surface area contributed by atoms with Gasteiger partial charge in [0, 0.05) is 37.0 Å². The van der Waals surface area contributed by atoms with E-state index >= 15 is 0 Å². The van der Waals surface area contributed by atoms with Crippen LogP contribution in [0, 0.1) is 0 Å². The van der Waals surface area contributed by atoms with Gasteiger partial charge in [-0.15, -0.1) is 0 Å². The lowest BCUT2D eigenvalue weighted by molar-refractivity contribution is -0.138. The molecular formula is C27H30N4O4. The quantitative estimate of drug-likeness (QED) is 0.552. The minimum atomic E-state index is -1.06. The van der Waals surface area contributed by atoms with Crippen LogP contribution >= 0.6 is 0 Å². The van der Waals surface area contributed by atoms with E-state index in [9.17, 15) is 9.59 Å². The first-order chi connectivity index (χ1) is 16.9. The van der Waals surface area contributed by atoms with Crippen molar-refractivity contribution in [2.45, 2.75) is 38.1 Å². The number of methoxy groups -OCH3 is 1. The average Bonchev–Trinajstić information content (AvgIpc) is 2.89. The van der Waals surface area contributed by atoms with Crippen molar-refractivity contribution in [2.75, 3.05) is 20.2 Å². The van der Waals surface area contributed by atoms with Gasteiger partial charge in [-0.25, -0.2) is 4.98 Å². The van der Waals surface area contributed by atoms with Gasteiger partial charge in [0.1, 0.15) is 22.7 Å². The topological polar surface area (TPSA) is 93.7 Å². The molecule has 1 aromatic heterocycles. The SMILES string of the molecule is COc1ccc(Oc2nccnc2[C@@H]2CCCN(C(=O)C(C)(C)NC(=O)c3ccccc3)C2)cc1. The highest BCUT2D eigenvalue weighted by Crippen LogP contribution is 2.33. The van der Waals surface area contributed by atoms with Crippen LogP contribution < -0.4 is 14.8 Å². The van der Waals surface area contributed by atoms with Crippen molar-refractivity contribution < 1.29 is 19.1 Å². The number of nitrogens with zero attached hydrogens (tertiary/aromatic N) is 3. The van der Waals surface area contributed by atoms with E-state index in [4.69, 9.17) is 9.47 Å². The fraction of sp³-hybridized carbons (Fsp3) is 0.333. The van der Waals surface area contributed by atoms with E-state index < -0.39 is 5.54 Å². The van der Waals surface area contributed by atoms with Crippen LogP contribution in [0.25, 0.3) is 0 Å². The molecule has 35 heavy (non-hydrogen) atoms. The molecule has 1 fully saturated rings. The summed E-state index contributed by atoms with van der Waals surface area (Å²) in [5.41, 5.74) is 0.177. The van der Waals surface area contributed by atoms with Crippen LogP contribution in [0.15, 0.2) is 67.0 Å². The first-order valence-corrected chi connectivity index (χ1v) is 11.7. The summed E-state index contributed by atoms with van der Waals surface area (Å²) in [5.74, 6) is 1.35. The molecule has 4 rings (SSSR count). The number of aromatic nitrogens is 2. The molecule has 3 aromatic rings. The molecule has 1 atom stereocenters. The highest BCUT2D eigenvalue weighted by Gasteiger charge is 2.37.